The lowest BCUT2D eigenvalue weighted by Gasteiger charge is -2.42. The molecule has 1 aliphatic heterocycles. The monoisotopic (exact) mass is 394 g/mol. The Morgan fingerprint density at radius 2 is 1.66 bits per heavy atom. The molecule has 0 aliphatic carbocycles. The van der Waals surface area contributed by atoms with Crippen molar-refractivity contribution < 1.29 is 19.1 Å². The van der Waals surface area contributed by atoms with Crippen LogP contribution in [0.3, 0.4) is 0 Å². The second-order valence-electron chi connectivity index (χ2n) is 7.85. The maximum atomic E-state index is 13.2. The highest BCUT2D eigenvalue weighted by molar-refractivity contribution is 6.15. The number of rotatable bonds is 5. The van der Waals surface area contributed by atoms with Crippen molar-refractivity contribution in [2.24, 2.45) is 0 Å². The standard InChI is InChI=1S/C23H26N2O4/c1-15(17-10-6-5-7-11-17)14-20(26)29-16(2)21(27)25-19-13-9-8-12-18(19)24-22(28)23(25,3)4/h5-13,15-16H,14H2,1-4H3,(H,24,28)/t15-,16+/m0/s1. The van der Waals surface area contributed by atoms with Gasteiger partial charge in [-0.25, -0.2) is 0 Å². The first kappa shape index (κ1) is 20.6. The average Bonchev–Trinajstić information content (AvgIpc) is 2.69. The summed E-state index contributed by atoms with van der Waals surface area (Å²) in [5.74, 6) is -1.20. The highest BCUT2D eigenvalue weighted by Gasteiger charge is 2.45. The van der Waals surface area contributed by atoms with Crippen molar-refractivity contribution in [3.05, 3.63) is 60.2 Å². The largest absolute Gasteiger partial charge is 0.453 e. The summed E-state index contributed by atoms with van der Waals surface area (Å²) < 4.78 is 5.44. The van der Waals surface area contributed by atoms with Gasteiger partial charge in [0.05, 0.1) is 17.8 Å². The molecule has 2 aromatic rings. The van der Waals surface area contributed by atoms with Gasteiger partial charge in [0.25, 0.3) is 5.91 Å². The molecule has 3 rings (SSSR count). The molecule has 6 nitrogen and oxygen atoms in total. The fourth-order valence-corrected chi connectivity index (χ4v) is 3.47. The molecule has 2 aromatic carbocycles. The van der Waals surface area contributed by atoms with Crippen molar-refractivity contribution >= 4 is 29.2 Å². The minimum atomic E-state index is -1.11. The highest BCUT2D eigenvalue weighted by Crippen LogP contribution is 2.37. The molecule has 6 heteroatoms. The first-order valence-electron chi connectivity index (χ1n) is 9.70. The van der Waals surface area contributed by atoms with E-state index in [-0.39, 0.29) is 18.2 Å². The number of nitrogens with one attached hydrogen (secondary N) is 1. The van der Waals surface area contributed by atoms with Crippen LogP contribution in [0, 0.1) is 0 Å². The summed E-state index contributed by atoms with van der Waals surface area (Å²) in [6.07, 6.45) is -0.842. The van der Waals surface area contributed by atoms with Crippen LogP contribution in [0.2, 0.25) is 0 Å². The smallest absolute Gasteiger partial charge is 0.307 e. The van der Waals surface area contributed by atoms with E-state index >= 15 is 0 Å². The summed E-state index contributed by atoms with van der Waals surface area (Å²) >= 11 is 0. The van der Waals surface area contributed by atoms with E-state index < -0.39 is 23.5 Å². The average molecular weight is 394 g/mol. The lowest BCUT2D eigenvalue weighted by molar-refractivity contribution is -0.154. The fraction of sp³-hybridized carbons (Fsp3) is 0.348. The van der Waals surface area contributed by atoms with E-state index in [1.165, 1.54) is 4.90 Å². The number of hydrogen-bond acceptors (Lipinski definition) is 4. The van der Waals surface area contributed by atoms with Crippen LogP contribution in [0.15, 0.2) is 54.6 Å². The predicted octanol–water partition coefficient (Wildman–Crippen LogP) is 3.88. The molecule has 1 aliphatic rings. The molecule has 0 spiro atoms. The highest BCUT2D eigenvalue weighted by atomic mass is 16.5. The van der Waals surface area contributed by atoms with Crippen LogP contribution in [0.5, 0.6) is 0 Å². The summed E-state index contributed by atoms with van der Waals surface area (Å²) in [6, 6.07) is 16.8. The number of fused-ring (bicyclic) bond motifs is 1. The molecule has 2 atom stereocenters. The van der Waals surface area contributed by atoms with E-state index in [1.54, 1.807) is 45.0 Å². The second kappa shape index (κ2) is 8.07. The normalized spacial score (nSPS) is 17.0. The lowest BCUT2D eigenvalue weighted by atomic mass is 9.95. The molecule has 152 valence electrons. The molecule has 2 amide bonds. The molecule has 0 saturated carbocycles. The summed E-state index contributed by atoms with van der Waals surface area (Å²) in [5.41, 5.74) is 1.07. The van der Waals surface area contributed by atoms with Crippen LogP contribution in [0.4, 0.5) is 11.4 Å². The van der Waals surface area contributed by atoms with Gasteiger partial charge < -0.3 is 10.1 Å². The SMILES string of the molecule is C[C@@H](OC(=O)C[C@H](C)c1ccccc1)C(=O)N1c2ccccc2NC(=O)C1(C)C. The van der Waals surface area contributed by atoms with Gasteiger partial charge in [-0.2, -0.15) is 0 Å². The van der Waals surface area contributed by atoms with Crippen LogP contribution >= 0.6 is 0 Å². The molecule has 0 bridgehead atoms. The summed E-state index contributed by atoms with van der Waals surface area (Å²) in [6.45, 7) is 6.82. The number of amides is 2. The molecular weight excluding hydrogens is 368 g/mol. The van der Waals surface area contributed by atoms with Crippen LogP contribution in [-0.2, 0) is 19.1 Å². The summed E-state index contributed by atoms with van der Waals surface area (Å²) in [7, 11) is 0. The number of benzene rings is 2. The summed E-state index contributed by atoms with van der Waals surface area (Å²) in [4.78, 5) is 39.5. The van der Waals surface area contributed by atoms with Crippen LogP contribution < -0.4 is 10.2 Å². The number of nitrogens with zero attached hydrogens (tertiary/aromatic N) is 1. The molecule has 0 radical (unpaired) electrons. The molecule has 0 aromatic heterocycles. The van der Waals surface area contributed by atoms with Gasteiger partial charge in [0.1, 0.15) is 5.54 Å². The van der Waals surface area contributed by atoms with Gasteiger partial charge in [-0.1, -0.05) is 49.4 Å². The minimum Gasteiger partial charge on any atom is -0.453 e. The zero-order valence-corrected chi connectivity index (χ0v) is 17.1. The zero-order valence-electron chi connectivity index (χ0n) is 17.1. The van der Waals surface area contributed by atoms with Crippen molar-refractivity contribution in [3.8, 4) is 0 Å². The van der Waals surface area contributed by atoms with Crippen molar-refractivity contribution in [3.63, 3.8) is 0 Å². The molecule has 0 unspecified atom stereocenters. The van der Waals surface area contributed by atoms with E-state index in [2.05, 4.69) is 5.32 Å². The molecule has 1 heterocycles. The van der Waals surface area contributed by atoms with Crippen molar-refractivity contribution in [1.82, 2.24) is 0 Å². The zero-order chi connectivity index (χ0) is 21.2. The first-order valence-corrected chi connectivity index (χ1v) is 9.70. The number of hydrogen-bond donors (Lipinski definition) is 1. The predicted molar refractivity (Wildman–Crippen MR) is 112 cm³/mol. The molecule has 29 heavy (non-hydrogen) atoms. The van der Waals surface area contributed by atoms with Gasteiger partial charge in [-0.3, -0.25) is 19.3 Å². The van der Waals surface area contributed by atoms with Gasteiger partial charge in [0, 0.05) is 0 Å². The maximum Gasteiger partial charge on any atom is 0.307 e. The fourth-order valence-electron chi connectivity index (χ4n) is 3.47. The number of anilines is 2. The van der Waals surface area contributed by atoms with E-state index in [0.29, 0.717) is 11.4 Å². The maximum absolute atomic E-state index is 13.2. The molecule has 0 fully saturated rings. The Morgan fingerprint density at radius 1 is 1.03 bits per heavy atom. The Bertz CT molecular complexity index is 923. The number of ether oxygens (including phenoxy) is 1. The van der Waals surface area contributed by atoms with Gasteiger partial charge in [-0.05, 0) is 44.4 Å². The van der Waals surface area contributed by atoms with Gasteiger partial charge >= 0.3 is 5.97 Å². The van der Waals surface area contributed by atoms with E-state index in [4.69, 9.17) is 4.74 Å². The Morgan fingerprint density at radius 3 is 2.34 bits per heavy atom. The number of carbonyl (C=O) groups is 3. The second-order valence-corrected chi connectivity index (χ2v) is 7.85. The van der Waals surface area contributed by atoms with Gasteiger partial charge in [0.2, 0.25) is 5.91 Å². The Balaban J connectivity index is 1.74. The number of para-hydroxylation sites is 2. The van der Waals surface area contributed by atoms with E-state index in [9.17, 15) is 14.4 Å². The van der Waals surface area contributed by atoms with Crippen LogP contribution in [0.1, 0.15) is 45.6 Å². The summed E-state index contributed by atoms with van der Waals surface area (Å²) in [5, 5.41) is 2.82. The Labute approximate surface area is 170 Å². The van der Waals surface area contributed by atoms with Crippen molar-refractivity contribution in [2.75, 3.05) is 10.2 Å². The van der Waals surface area contributed by atoms with E-state index in [0.717, 1.165) is 5.56 Å². The van der Waals surface area contributed by atoms with E-state index in [1.807, 2.05) is 37.3 Å². The molecular formula is C23H26N2O4. The van der Waals surface area contributed by atoms with Gasteiger partial charge in [0.15, 0.2) is 6.10 Å². The topological polar surface area (TPSA) is 75.7 Å². The van der Waals surface area contributed by atoms with Crippen LogP contribution in [0.25, 0.3) is 0 Å². The third kappa shape index (κ3) is 4.16. The number of carbonyl (C=O) groups excluding carboxylic acids is 3. The Hall–Kier alpha value is -3.15. The number of esters is 1. The third-order valence-electron chi connectivity index (χ3n) is 5.23. The van der Waals surface area contributed by atoms with Crippen molar-refractivity contribution in [2.45, 2.75) is 51.7 Å². The van der Waals surface area contributed by atoms with Crippen molar-refractivity contribution in [1.29, 1.82) is 0 Å². The quantitative estimate of drug-likeness (QED) is 0.781. The lowest BCUT2D eigenvalue weighted by Crippen LogP contribution is -2.60. The first-order chi connectivity index (χ1) is 13.7. The molecule has 0 saturated heterocycles. The van der Waals surface area contributed by atoms with Crippen LogP contribution in [-0.4, -0.2) is 29.4 Å². The minimum absolute atomic E-state index is 0.0241. The van der Waals surface area contributed by atoms with Gasteiger partial charge in [-0.15, -0.1) is 0 Å². The Kier molecular flexibility index (Phi) is 5.73. The molecule has 1 N–H and O–H groups in total. The third-order valence-corrected chi connectivity index (χ3v) is 5.23.